The van der Waals surface area contributed by atoms with Crippen LogP contribution in [0.1, 0.15) is 12.5 Å². The topological polar surface area (TPSA) is 106 Å². The Balaban J connectivity index is 0. The van der Waals surface area contributed by atoms with Crippen molar-refractivity contribution in [3.63, 3.8) is 0 Å². The number of amides is 1. The van der Waals surface area contributed by atoms with Crippen LogP contribution in [0.15, 0.2) is 16.6 Å². The number of halogens is 3. The zero-order valence-electron chi connectivity index (χ0n) is 14.0. The number of carbonyl (C=O) groups excluding carboxylic acids is 1. The van der Waals surface area contributed by atoms with Crippen LogP contribution in [0.2, 0.25) is 0 Å². The first-order chi connectivity index (χ1) is 11.1. The molecule has 1 aromatic carbocycles. The van der Waals surface area contributed by atoms with Crippen molar-refractivity contribution >= 4 is 46.7 Å². The van der Waals surface area contributed by atoms with Gasteiger partial charge in [-0.05, 0) is 40.5 Å². The normalized spacial score (nSPS) is 9.72. The first kappa shape index (κ1) is 26.5. The maximum absolute atomic E-state index is 10.9. The Labute approximate surface area is 169 Å². The van der Waals surface area contributed by atoms with E-state index in [1.54, 1.807) is 0 Å². The molecule has 0 heterocycles. The fourth-order valence-corrected chi connectivity index (χ4v) is 2.49. The molecule has 0 aromatic heterocycles. The van der Waals surface area contributed by atoms with Crippen LogP contribution in [0.4, 0.5) is 0 Å². The number of carbonyl (C=O) groups is 1. The summed E-state index contributed by atoms with van der Waals surface area (Å²) >= 11 is 3.44. The molecule has 0 aliphatic rings. The molecule has 0 radical (unpaired) electrons. The maximum atomic E-state index is 10.9. The van der Waals surface area contributed by atoms with Crippen LogP contribution in [0.25, 0.3) is 0 Å². The average molecular weight is 463 g/mol. The second-order valence-corrected chi connectivity index (χ2v) is 5.60. The third-order valence-electron chi connectivity index (χ3n) is 2.82. The molecular weight excluding hydrogens is 437 g/mol. The van der Waals surface area contributed by atoms with Crippen LogP contribution in [-0.4, -0.2) is 50.5 Å². The van der Waals surface area contributed by atoms with Gasteiger partial charge in [0.25, 0.3) is 5.91 Å². The standard InChI is InChI=1S/C15H24BrN3O4.2ClH/c1-2-22-13-8-11(9-19-4-3-18-5-6-20)7-12(16)15(13)23-10-14(17)21;;/h7-8,18-20H,2-6,9-10H2,1H3,(H2,17,21);2*1H. The molecule has 0 aliphatic heterocycles. The zero-order chi connectivity index (χ0) is 17.1. The number of aliphatic hydroxyl groups excluding tert-OH is 1. The number of benzene rings is 1. The largest absolute Gasteiger partial charge is 0.490 e. The molecule has 146 valence electrons. The van der Waals surface area contributed by atoms with Gasteiger partial charge in [0.1, 0.15) is 0 Å². The van der Waals surface area contributed by atoms with E-state index < -0.39 is 5.91 Å². The predicted octanol–water partition coefficient (Wildman–Crippen LogP) is 1.23. The van der Waals surface area contributed by atoms with Crippen LogP contribution < -0.4 is 25.8 Å². The van der Waals surface area contributed by atoms with Crippen molar-refractivity contribution in [2.24, 2.45) is 5.73 Å². The number of primary amides is 1. The number of nitrogens with two attached hydrogens (primary N) is 1. The minimum Gasteiger partial charge on any atom is -0.490 e. The summed E-state index contributed by atoms with van der Waals surface area (Å²) in [5.74, 6) is 0.498. The first-order valence-corrected chi connectivity index (χ1v) is 8.26. The summed E-state index contributed by atoms with van der Waals surface area (Å²) in [6.45, 7) is 5.11. The molecule has 25 heavy (non-hydrogen) atoms. The Bertz CT molecular complexity index is 510. The van der Waals surface area contributed by atoms with Gasteiger partial charge in [0.15, 0.2) is 18.1 Å². The van der Waals surface area contributed by atoms with Crippen LogP contribution in [0.3, 0.4) is 0 Å². The van der Waals surface area contributed by atoms with E-state index in [1.165, 1.54) is 0 Å². The van der Waals surface area contributed by atoms with Crippen molar-refractivity contribution in [1.82, 2.24) is 10.6 Å². The lowest BCUT2D eigenvalue weighted by molar-refractivity contribution is -0.119. The van der Waals surface area contributed by atoms with E-state index in [-0.39, 0.29) is 38.0 Å². The molecule has 1 amide bonds. The Morgan fingerprint density at radius 1 is 1.20 bits per heavy atom. The first-order valence-electron chi connectivity index (χ1n) is 7.47. The van der Waals surface area contributed by atoms with Gasteiger partial charge in [-0.15, -0.1) is 24.8 Å². The Kier molecular flexibility index (Phi) is 16.4. The highest BCUT2D eigenvalue weighted by Gasteiger charge is 2.13. The van der Waals surface area contributed by atoms with Gasteiger partial charge in [-0.3, -0.25) is 4.79 Å². The number of aliphatic hydroxyl groups is 1. The van der Waals surface area contributed by atoms with Crippen LogP contribution in [0, 0.1) is 0 Å². The van der Waals surface area contributed by atoms with Crippen molar-refractivity contribution in [2.45, 2.75) is 13.5 Å². The Morgan fingerprint density at radius 2 is 1.88 bits per heavy atom. The number of hydrogen-bond acceptors (Lipinski definition) is 6. The predicted molar refractivity (Wildman–Crippen MR) is 106 cm³/mol. The molecule has 0 atom stereocenters. The minimum absolute atomic E-state index is 0. The van der Waals surface area contributed by atoms with Crippen molar-refractivity contribution in [3.05, 3.63) is 22.2 Å². The number of hydrogen-bond donors (Lipinski definition) is 4. The Hall–Kier alpha value is -0.770. The lowest BCUT2D eigenvalue weighted by Crippen LogP contribution is -2.28. The van der Waals surface area contributed by atoms with E-state index in [4.69, 9.17) is 20.3 Å². The van der Waals surface area contributed by atoms with Gasteiger partial charge < -0.3 is 30.9 Å². The fraction of sp³-hybridized carbons (Fsp3) is 0.533. The minimum atomic E-state index is -0.541. The second kappa shape index (κ2) is 15.5. The molecule has 1 rings (SSSR count). The van der Waals surface area contributed by atoms with E-state index in [0.717, 1.165) is 18.7 Å². The van der Waals surface area contributed by atoms with Crippen molar-refractivity contribution < 1.29 is 19.4 Å². The van der Waals surface area contributed by atoms with Gasteiger partial charge >= 0.3 is 0 Å². The molecule has 0 unspecified atom stereocenters. The highest BCUT2D eigenvalue weighted by Crippen LogP contribution is 2.36. The Morgan fingerprint density at radius 3 is 2.48 bits per heavy atom. The summed E-state index contributed by atoms with van der Waals surface area (Å²) in [5.41, 5.74) is 6.13. The SMILES string of the molecule is CCOc1cc(CNCCNCCO)cc(Br)c1OCC(N)=O.Cl.Cl. The number of ether oxygens (including phenoxy) is 2. The molecule has 1 aromatic rings. The van der Waals surface area contributed by atoms with E-state index >= 15 is 0 Å². The second-order valence-electron chi connectivity index (χ2n) is 4.74. The summed E-state index contributed by atoms with van der Waals surface area (Å²) in [6, 6.07) is 3.78. The third kappa shape index (κ3) is 10.7. The summed E-state index contributed by atoms with van der Waals surface area (Å²) in [6.07, 6.45) is 0. The number of nitrogens with one attached hydrogen (secondary N) is 2. The highest BCUT2D eigenvalue weighted by atomic mass is 79.9. The van der Waals surface area contributed by atoms with Crippen LogP contribution in [0.5, 0.6) is 11.5 Å². The van der Waals surface area contributed by atoms with Gasteiger partial charge in [-0.25, -0.2) is 0 Å². The molecule has 0 bridgehead atoms. The number of rotatable bonds is 12. The van der Waals surface area contributed by atoms with Gasteiger partial charge in [0.05, 0.1) is 17.7 Å². The van der Waals surface area contributed by atoms with Crippen LogP contribution >= 0.6 is 40.7 Å². The molecule has 0 aliphatic carbocycles. The molecule has 0 saturated carbocycles. The molecule has 0 saturated heterocycles. The quantitative estimate of drug-likeness (QED) is 0.348. The van der Waals surface area contributed by atoms with E-state index in [0.29, 0.717) is 35.7 Å². The third-order valence-corrected chi connectivity index (χ3v) is 3.41. The lowest BCUT2D eigenvalue weighted by atomic mass is 10.2. The summed E-state index contributed by atoms with van der Waals surface area (Å²) in [5, 5.41) is 15.1. The van der Waals surface area contributed by atoms with Crippen LogP contribution in [-0.2, 0) is 11.3 Å². The molecular formula is C15H26BrCl2N3O4. The molecule has 0 spiro atoms. The van der Waals surface area contributed by atoms with Gasteiger partial charge in [-0.1, -0.05) is 0 Å². The molecule has 0 fully saturated rings. The summed E-state index contributed by atoms with van der Waals surface area (Å²) in [7, 11) is 0. The lowest BCUT2D eigenvalue weighted by Gasteiger charge is -2.15. The molecule has 10 heteroatoms. The maximum Gasteiger partial charge on any atom is 0.255 e. The average Bonchev–Trinajstić information content (AvgIpc) is 2.50. The molecule has 5 N–H and O–H groups in total. The fourth-order valence-electron chi connectivity index (χ4n) is 1.88. The smallest absolute Gasteiger partial charge is 0.255 e. The summed E-state index contributed by atoms with van der Waals surface area (Å²) < 4.78 is 11.7. The van der Waals surface area contributed by atoms with E-state index in [1.807, 2.05) is 19.1 Å². The zero-order valence-corrected chi connectivity index (χ0v) is 17.3. The van der Waals surface area contributed by atoms with E-state index in [9.17, 15) is 4.79 Å². The van der Waals surface area contributed by atoms with Crippen molar-refractivity contribution in [3.8, 4) is 11.5 Å². The van der Waals surface area contributed by atoms with Crippen molar-refractivity contribution in [2.75, 3.05) is 39.5 Å². The van der Waals surface area contributed by atoms with Gasteiger partial charge in [-0.2, -0.15) is 0 Å². The van der Waals surface area contributed by atoms with Gasteiger partial charge in [0, 0.05) is 26.2 Å². The summed E-state index contributed by atoms with van der Waals surface area (Å²) in [4.78, 5) is 10.9. The molecule has 7 nitrogen and oxygen atoms in total. The highest BCUT2D eigenvalue weighted by molar-refractivity contribution is 9.10. The van der Waals surface area contributed by atoms with Crippen molar-refractivity contribution in [1.29, 1.82) is 0 Å². The monoisotopic (exact) mass is 461 g/mol. The van der Waals surface area contributed by atoms with E-state index in [2.05, 4.69) is 26.6 Å². The van der Waals surface area contributed by atoms with Gasteiger partial charge in [0.2, 0.25) is 0 Å².